The van der Waals surface area contributed by atoms with E-state index in [2.05, 4.69) is 50.2 Å². The molecular weight excluding hydrogens is 405 g/mol. The topological polar surface area (TPSA) is 56.1 Å². The van der Waals surface area contributed by atoms with Crippen molar-refractivity contribution in [3.63, 3.8) is 0 Å². The van der Waals surface area contributed by atoms with Crippen molar-refractivity contribution in [2.45, 2.75) is 32.6 Å². The standard InChI is InChI=1S/C14H17BrClN5O.ClH/c1-9-6-20(7-10(2)22-9)8-14-17-18-19-21(14)13-4-3-11(15)5-12(13)16;/h3-5,9-10H,6-8H2,1-2H3;1H/t9-,10+;. The van der Waals surface area contributed by atoms with Gasteiger partial charge in [-0.3, -0.25) is 4.90 Å². The van der Waals surface area contributed by atoms with Crippen LogP contribution in [-0.2, 0) is 11.3 Å². The van der Waals surface area contributed by atoms with Gasteiger partial charge in [-0.25, -0.2) is 0 Å². The van der Waals surface area contributed by atoms with E-state index in [0.29, 0.717) is 11.6 Å². The summed E-state index contributed by atoms with van der Waals surface area (Å²) in [5.41, 5.74) is 0.777. The van der Waals surface area contributed by atoms with Gasteiger partial charge in [0.15, 0.2) is 5.82 Å². The summed E-state index contributed by atoms with van der Waals surface area (Å²) in [5.74, 6) is 0.769. The highest BCUT2D eigenvalue weighted by molar-refractivity contribution is 9.10. The molecule has 0 amide bonds. The number of halogens is 3. The number of nitrogens with zero attached hydrogens (tertiary/aromatic N) is 5. The van der Waals surface area contributed by atoms with Crippen molar-refractivity contribution in [3.8, 4) is 5.69 Å². The number of tetrazole rings is 1. The summed E-state index contributed by atoms with van der Waals surface area (Å²) in [6.07, 6.45) is 0.425. The van der Waals surface area contributed by atoms with E-state index in [9.17, 15) is 0 Å². The van der Waals surface area contributed by atoms with E-state index in [1.54, 1.807) is 4.68 Å². The number of hydrogen-bond donors (Lipinski definition) is 0. The minimum Gasteiger partial charge on any atom is -0.373 e. The Kier molecular flexibility index (Phi) is 6.39. The molecular formula is C14H18BrCl2N5O. The summed E-state index contributed by atoms with van der Waals surface area (Å²) in [6, 6.07) is 5.66. The molecule has 23 heavy (non-hydrogen) atoms. The predicted molar refractivity (Wildman–Crippen MR) is 94.4 cm³/mol. The Morgan fingerprint density at radius 1 is 1.30 bits per heavy atom. The molecule has 9 heteroatoms. The van der Waals surface area contributed by atoms with Crippen LogP contribution in [-0.4, -0.2) is 50.4 Å². The molecule has 1 fully saturated rings. The van der Waals surface area contributed by atoms with E-state index in [0.717, 1.165) is 29.1 Å². The second kappa shape index (κ2) is 7.90. The zero-order valence-corrected chi connectivity index (χ0v) is 16.0. The highest BCUT2D eigenvalue weighted by Gasteiger charge is 2.24. The van der Waals surface area contributed by atoms with Gasteiger partial charge in [0.05, 0.1) is 29.5 Å². The Morgan fingerprint density at radius 2 is 2.00 bits per heavy atom. The van der Waals surface area contributed by atoms with Gasteiger partial charge in [0.2, 0.25) is 0 Å². The van der Waals surface area contributed by atoms with Crippen molar-refractivity contribution >= 4 is 39.9 Å². The van der Waals surface area contributed by atoms with E-state index in [1.807, 2.05) is 18.2 Å². The largest absolute Gasteiger partial charge is 0.373 e. The zero-order valence-electron chi connectivity index (χ0n) is 12.8. The van der Waals surface area contributed by atoms with Crippen molar-refractivity contribution in [2.75, 3.05) is 13.1 Å². The summed E-state index contributed by atoms with van der Waals surface area (Å²) in [7, 11) is 0. The normalized spacial score (nSPS) is 21.9. The Labute approximate surface area is 154 Å². The average Bonchev–Trinajstić information content (AvgIpc) is 2.85. The fourth-order valence-electron chi connectivity index (χ4n) is 2.76. The van der Waals surface area contributed by atoms with Crippen LogP contribution in [0.1, 0.15) is 19.7 Å². The van der Waals surface area contributed by atoms with Crippen LogP contribution in [0.3, 0.4) is 0 Å². The fraction of sp³-hybridized carbons (Fsp3) is 0.500. The third-order valence-corrected chi connectivity index (χ3v) is 4.33. The maximum absolute atomic E-state index is 6.30. The van der Waals surface area contributed by atoms with Gasteiger partial charge in [0.25, 0.3) is 0 Å². The molecule has 0 saturated carbocycles. The van der Waals surface area contributed by atoms with E-state index in [4.69, 9.17) is 16.3 Å². The van der Waals surface area contributed by atoms with Crippen LogP contribution in [0.2, 0.25) is 5.02 Å². The molecule has 2 atom stereocenters. The van der Waals surface area contributed by atoms with Crippen molar-refractivity contribution in [1.29, 1.82) is 0 Å². The molecule has 3 rings (SSSR count). The quantitative estimate of drug-likeness (QED) is 0.760. The lowest BCUT2D eigenvalue weighted by Gasteiger charge is -2.34. The minimum atomic E-state index is 0. The first-order chi connectivity index (χ1) is 10.5. The van der Waals surface area contributed by atoms with Crippen molar-refractivity contribution < 1.29 is 4.74 Å². The first kappa shape index (κ1) is 18.6. The summed E-state index contributed by atoms with van der Waals surface area (Å²) >= 11 is 9.71. The molecule has 1 aromatic carbocycles. The van der Waals surface area contributed by atoms with E-state index >= 15 is 0 Å². The molecule has 2 aromatic rings. The lowest BCUT2D eigenvalue weighted by atomic mass is 10.2. The first-order valence-corrected chi connectivity index (χ1v) is 8.30. The molecule has 0 unspecified atom stereocenters. The van der Waals surface area contributed by atoms with Crippen LogP contribution in [0.5, 0.6) is 0 Å². The monoisotopic (exact) mass is 421 g/mol. The zero-order chi connectivity index (χ0) is 15.7. The molecule has 0 bridgehead atoms. The van der Waals surface area contributed by atoms with Gasteiger partial charge in [-0.05, 0) is 42.5 Å². The van der Waals surface area contributed by atoms with Crippen LogP contribution in [0, 0.1) is 0 Å². The molecule has 0 spiro atoms. The third kappa shape index (κ3) is 4.42. The van der Waals surface area contributed by atoms with E-state index in [1.165, 1.54) is 0 Å². The SMILES string of the molecule is C[C@@H]1CN(Cc2nnnn2-c2ccc(Br)cc2Cl)C[C@H](C)O1.Cl. The first-order valence-electron chi connectivity index (χ1n) is 7.13. The Hall–Kier alpha value is -0.730. The Morgan fingerprint density at radius 3 is 2.65 bits per heavy atom. The smallest absolute Gasteiger partial charge is 0.170 e. The van der Waals surface area contributed by atoms with Crippen LogP contribution in [0.25, 0.3) is 5.69 Å². The lowest BCUT2D eigenvalue weighted by Crippen LogP contribution is -2.45. The third-order valence-electron chi connectivity index (χ3n) is 3.53. The van der Waals surface area contributed by atoms with Crippen LogP contribution < -0.4 is 0 Å². The minimum absolute atomic E-state index is 0. The highest BCUT2D eigenvalue weighted by atomic mass is 79.9. The number of benzene rings is 1. The molecule has 2 heterocycles. The molecule has 6 nitrogen and oxygen atoms in total. The van der Waals surface area contributed by atoms with Crippen LogP contribution >= 0.6 is 39.9 Å². The van der Waals surface area contributed by atoms with Gasteiger partial charge < -0.3 is 4.74 Å². The second-order valence-electron chi connectivity index (χ2n) is 5.55. The van der Waals surface area contributed by atoms with Crippen molar-refractivity contribution in [3.05, 3.63) is 33.5 Å². The molecule has 1 saturated heterocycles. The molecule has 0 aliphatic carbocycles. The van der Waals surface area contributed by atoms with Gasteiger partial charge in [0.1, 0.15) is 0 Å². The lowest BCUT2D eigenvalue weighted by molar-refractivity contribution is -0.0712. The molecule has 0 N–H and O–H groups in total. The predicted octanol–water partition coefficient (Wildman–Crippen LogP) is 3.11. The maximum atomic E-state index is 6.30. The van der Waals surface area contributed by atoms with Crippen LogP contribution in [0.15, 0.2) is 22.7 Å². The van der Waals surface area contributed by atoms with Gasteiger partial charge in [-0.15, -0.1) is 17.5 Å². The molecule has 1 aromatic heterocycles. The summed E-state index contributed by atoms with van der Waals surface area (Å²) in [5, 5.41) is 12.6. The second-order valence-corrected chi connectivity index (χ2v) is 6.88. The van der Waals surface area contributed by atoms with Gasteiger partial charge in [-0.2, -0.15) is 4.68 Å². The average molecular weight is 423 g/mol. The fourth-order valence-corrected chi connectivity index (χ4v) is 3.51. The number of ether oxygens (including phenoxy) is 1. The molecule has 1 aliphatic rings. The number of hydrogen-bond acceptors (Lipinski definition) is 5. The van der Waals surface area contributed by atoms with Crippen molar-refractivity contribution in [2.24, 2.45) is 0 Å². The number of aromatic nitrogens is 4. The van der Waals surface area contributed by atoms with Gasteiger partial charge in [-0.1, -0.05) is 27.5 Å². The van der Waals surface area contributed by atoms with Gasteiger partial charge >= 0.3 is 0 Å². The number of morpholine rings is 1. The molecule has 126 valence electrons. The van der Waals surface area contributed by atoms with Crippen LogP contribution in [0.4, 0.5) is 0 Å². The van der Waals surface area contributed by atoms with Gasteiger partial charge in [0, 0.05) is 17.6 Å². The highest BCUT2D eigenvalue weighted by Crippen LogP contribution is 2.25. The van der Waals surface area contributed by atoms with E-state index in [-0.39, 0.29) is 24.6 Å². The van der Waals surface area contributed by atoms with Crippen molar-refractivity contribution in [1.82, 2.24) is 25.1 Å². The number of rotatable bonds is 3. The molecule has 1 aliphatic heterocycles. The van der Waals surface area contributed by atoms with E-state index < -0.39 is 0 Å². The Bertz CT molecular complexity index is 658. The molecule has 0 radical (unpaired) electrons. The maximum Gasteiger partial charge on any atom is 0.170 e. The summed E-state index contributed by atoms with van der Waals surface area (Å²) in [6.45, 7) is 6.56. The Balaban J connectivity index is 0.00000192. The summed E-state index contributed by atoms with van der Waals surface area (Å²) in [4.78, 5) is 2.30. The summed E-state index contributed by atoms with van der Waals surface area (Å²) < 4.78 is 8.37.